The molecule has 0 saturated carbocycles. The van der Waals surface area contributed by atoms with Crippen molar-refractivity contribution in [2.45, 2.75) is 31.7 Å². The standard InChI is InChI=1S/C13H17N3O/c1-2-12(11-5-7-17-13(11)3-1)15-6-4-10-8-14-9-16-10/h5,7-9,12,15H,1-4,6H2,(H,14,16). The van der Waals surface area contributed by atoms with Crippen molar-refractivity contribution >= 4 is 0 Å². The van der Waals surface area contributed by atoms with Gasteiger partial charge in [0.2, 0.25) is 0 Å². The van der Waals surface area contributed by atoms with Crippen LogP contribution in [0.25, 0.3) is 0 Å². The molecule has 0 spiro atoms. The molecule has 4 nitrogen and oxygen atoms in total. The van der Waals surface area contributed by atoms with Gasteiger partial charge in [-0.15, -0.1) is 0 Å². The van der Waals surface area contributed by atoms with E-state index < -0.39 is 0 Å². The quantitative estimate of drug-likeness (QED) is 0.848. The van der Waals surface area contributed by atoms with E-state index in [0.717, 1.165) is 25.1 Å². The fourth-order valence-electron chi connectivity index (χ4n) is 2.50. The Hall–Kier alpha value is -1.55. The molecule has 1 aliphatic rings. The van der Waals surface area contributed by atoms with Crippen LogP contribution in [-0.2, 0) is 12.8 Å². The number of hydrogen-bond acceptors (Lipinski definition) is 3. The van der Waals surface area contributed by atoms with Gasteiger partial charge in [-0.1, -0.05) is 0 Å². The molecule has 0 amide bonds. The van der Waals surface area contributed by atoms with Gasteiger partial charge in [0.1, 0.15) is 5.76 Å². The van der Waals surface area contributed by atoms with Crippen LogP contribution in [-0.4, -0.2) is 16.5 Å². The van der Waals surface area contributed by atoms with Crippen LogP contribution in [0.4, 0.5) is 0 Å². The Balaban J connectivity index is 1.57. The average Bonchev–Trinajstić information content (AvgIpc) is 2.99. The Bertz CT molecular complexity index is 461. The largest absolute Gasteiger partial charge is 0.469 e. The van der Waals surface area contributed by atoms with E-state index in [9.17, 15) is 0 Å². The van der Waals surface area contributed by atoms with Gasteiger partial charge in [-0.3, -0.25) is 0 Å². The summed E-state index contributed by atoms with van der Waals surface area (Å²) in [6, 6.07) is 2.56. The number of imidazole rings is 1. The molecule has 4 heteroatoms. The molecule has 90 valence electrons. The van der Waals surface area contributed by atoms with Crippen LogP contribution in [0.1, 0.15) is 35.9 Å². The molecule has 0 fully saturated rings. The summed E-state index contributed by atoms with van der Waals surface area (Å²) in [5.41, 5.74) is 2.53. The number of aromatic nitrogens is 2. The van der Waals surface area contributed by atoms with Crippen LogP contribution >= 0.6 is 0 Å². The topological polar surface area (TPSA) is 53.9 Å². The Morgan fingerprint density at radius 1 is 1.53 bits per heavy atom. The van der Waals surface area contributed by atoms with Gasteiger partial charge in [0.05, 0.1) is 12.6 Å². The van der Waals surface area contributed by atoms with Crippen molar-refractivity contribution in [3.8, 4) is 0 Å². The molecule has 3 rings (SSSR count). The minimum absolute atomic E-state index is 0.459. The van der Waals surface area contributed by atoms with Crippen molar-refractivity contribution < 1.29 is 4.42 Å². The highest BCUT2D eigenvalue weighted by Gasteiger charge is 2.21. The number of nitrogens with zero attached hydrogens (tertiary/aromatic N) is 1. The summed E-state index contributed by atoms with van der Waals surface area (Å²) < 4.78 is 5.48. The number of fused-ring (bicyclic) bond motifs is 1. The molecule has 2 aromatic rings. The van der Waals surface area contributed by atoms with Crippen molar-refractivity contribution in [2.24, 2.45) is 0 Å². The molecule has 2 heterocycles. The number of nitrogens with one attached hydrogen (secondary N) is 2. The van der Waals surface area contributed by atoms with Crippen LogP contribution in [0.5, 0.6) is 0 Å². The maximum Gasteiger partial charge on any atom is 0.108 e. The van der Waals surface area contributed by atoms with Crippen LogP contribution < -0.4 is 5.32 Å². The monoisotopic (exact) mass is 231 g/mol. The molecule has 2 aromatic heterocycles. The minimum atomic E-state index is 0.459. The van der Waals surface area contributed by atoms with Crippen molar-refractivity contribution in [1.82, 2.24) is 15.3 Å². The number of furan rings is 1. The lowest BCUT2D eigenvalue weighted by Crippen LogP contribution is -2.26. The third-order valence-corrected chi connectivity index (χ3v) is 3.39. The zero-order valence-electron chi connectivity index (χ0n) is 9.78. The maximum atomic E-state index is 5.48. The molecule has 1 aliphatic carbocycles. The van der Waals surface area contributed by atoms with Crippen LogP contribution in [0.2, 0.25) is 0 Å². The Morgan fingerprint density at radius 2 is 2.53 bits per heavy atom. The van der Waals surface area contributed by atoms with Gasteiger partial charge in [0.25, 0.3) is 0 Å². The van der Waals surface area contributed by atoms with E-state index in [4.69, 9.17) is 4.42 Å². The first-order chi connectivity index (χ1) is 8.43. The molecule has 0 radical (unpaired) electrons. The first-order valence-electron chi connectivity index (χ1n) is 6.20. The summed E-state index contributed by atoms with van der Waals surface area (Å²) in [4.78, 5) is 7.14. The molecule has 1 unspecified atom stereocenters. The SMILES string of the molecule is c1ncc(CCNC2CCCc3occc32)[nH]1. The van der Waals surface area contributed by atoms with Crippen molar-refractivity contribution in [1.29, 1.82) is 0 Å². The minimum Gasteiger partial charge on any atom is -0.469 e. The van der Waals surface area contributed by atoms with E-state index in [2.05, 4.69) is 21.4 Å². The predicted molar refractivity (Wildman–Crippen MR) is 64.7 cm³/mol. The summed E-state index contributed by atoms with van der Waals surface area (Å²) in [6.45, 7) is 0.970. The van der Waals surface area contributed by atoms with Gasteiger partial charge in [-0.2, -0.15) is 0 Å². The summed E-state index contributed by atoms with van der Waals surface area (Å²) in [7, 11) is 0. The molecule has 0 aliphatic heterocycles. The molecule has 0 bridgehead atoms. The van der Waals surface area contributed by atoms with E-state index in [1.807, 2.05) is 6.20 Å². The van der Waals surface area contributed by atoms with Gasteiger partial charge < -0.3 is 14.7 Å². The third-order valence-electron chi connectivity index (χ3n) is 3.39. The molecule has 0 aromatic carbocycles. The van der Waals surface area contributed by atoms with E-state index in [1.165, 1.54) is 24.1 Å². The molecule has 17 heavy (non-hydrogen) atoms. The van der Waals surface area contributed by atoms with Gasteiger partial charge in [0.15, 0.2) is 0 Å². The highest BCUT2D eigenvalue weighted by molar-refractivity contribution is 5.24. The summed E-state index contributed by atoms with van der Waals surface area (Å²) in [6.07, 6.45) is 9.90. The number of aromatic amines is 1. The lowest BCUT2D eigenvalue weighted by Gasteiger charge is -2.22. The van der Waals surface area contributed by atoms with Crippen molar-refractivity contribution in [3.05, 3.63) is 41.9 Å². The van der Waals surface area contributed by atoms with Crippen molar-refractivity contribution in [2.75, 3.05) is 6.54 Å². The molecular formula is C13H17N3O. The fourth-order valence-corrected chi connectivity index (χ4v) is 2.50. The molecular weight excluding hydrogens is 214 g/mol. The molecule has 2 N–H and O–H groups in total. The molecule has 0 saturated heterocycles. The predicted octanol–water partition coefficient (Wildman–Crippen LogP) is 2.21. The maximum absolute atomic E-state index is 5.48. The fraction of sp³-hybridized carbons (Fsp3) is 0.462. The third kappa shape index (κ3) is 2.26. The Morgan fingerprint density at radius 3 is 3.41 bits per heavy atom. The zero-order chi connectivity index (χ0) is 11.5. The average molecular weight is 231 g/mol. The number of hydrogen-bond donors (Lipinski definition) is 2. The van der Waals surface area contributed by atoms with E-state index >= 15 is 0 Å². The molecule has 1 atom stereocenters. The summed E-state index contributed by atoms with van der Waals surface area (Å²) in [5, 5.41) is 3.59. The normalized spacial score (nSPS) is 19.2. The second kappa shape index (κ2) is 4.75. The van der Waals surface area contributed by atoms with Crippen molar-refractivity contribution in [3.63, 3.8) is 0 Å². The Labute approximate surface area is 100 Å². The van der Waals surface area contributed by atoms with Gasteiger partial charge >= 0.3 is 0 Å². The highest BCUT2D eigenvalue weighted by Crippen LogP contribution is 2.30. The van der Waals surface area contributed by atoms with Crippen LogP contribution in [0.15, 0.2) is 29.3 Å². The Kier molecular flexibility index (Phi) is 2.96. The smallest absolute Gasteiger partial charge is 0.108 e. The van der Waals surface area contributed by atoms with E-state index in [0.29, 0.717) is 6.04 Å². The van der Waals surface area contributed by atoms with Gasteiger partial charge in [-0.05, 0) is 18.9 Å². The number of H-pyrrole nitrogens is 1. The number of aryl methyl sites for hydroxylation is 1. The number of rotatable bonds is 4. The first kappa shape index (κ1) is 10.6. The van der Waals surface area contributed by atoms with Gasteiger partial charge in [-0.25, -0.2) is 4.98 Å². The zero-order valence-corrected chi connectivity index (χ0v) is 9.78. The van der Waals surface area contributed by atoms with E-state index in [1.54, 1.807) is 12.6 Å². The van der Waals surface area contributed by atoms with Crippen LogP contribution in [0.3, 0.4) is 0 Å². The van der Waals surface area contributed by atoms with Crippen LogP contribution in [0, 0.1) is 0 Å². The van der Waals surface area contributed by atoms with Gasteiger partial charge in [0, 0.05) is 42.9 Å². The first-order valence-corrected chi connectivity index (χ1v) is 6.20. The lowest BCUT2D eigenvalue weighted by molar-refractivity contribution is 0.413. The lowest BCUT2D eigenvalue weighted by atomic mass is 9.93. The second-order valence-electron chi connectivity index (χ2n) is 4.52. The highest BCUT2D eigenvalue weighted by atomic mass is 16.3. The van der Waals surface area contributed by atoms with E-state index in [-0.39, 0.29) is 0 Å². The summed E-state index contributed by atoms with van der Waals surface area (Å²) >= 11 is 0. The summed E-state index contributed by atoms with van der Waals surface area (Å²) in [5.74, 6) is 1.16. The second-order valence-corrected chi connectivity index (χ2v) is 4.52.